The highest BCUT2D eigenvalue weighted by Gasteiger charge is 2.30. The second-order valence-electron chi connectivity index (χ2n) is 3.90. The Morgan fingerprint density at radius 3 is 2.75 bits per heavy atom. The van der Waals surface area contributed by atoms with Crippen LogP contribution >= 0.6 is 11.8 Å². The summed E-state index contributed by atoms with van der Waals surface area (Å²) in [5.74, 6) is -0.303. The first-order valence-electron chi connectivity index (χ1n) is 5.57. The number of halogens is 3. The maximum absolute atomic E-state index is 12.6. The molecule has 1 heterocycles. The highest BCUT2D eigenvalue weighted by atomic mass is 32.2. The Morgan fingerprint density at radius 1 is 1.35 bits per heavy atom. The van der Waals surface area contributed by atoms with Crippen LogP contribution in [0.15, 0.2) is 35.4 Å². The van der Waals surface area contributed by atoms with Gasteiger partial charge in [0.1, 0.15) is 0 Å². The molecule has 0 aliphatic rings. The number of ether oxygens (including phenoxy) is 1. The van der Waals surface area contributed by atoms with Gasteiger partial charge in [0.15, 0.2) is 0 Å². The van der Waals surface area contributed by atoms with Crippen LogP contribution in [0.5, 0.6) is 0 Å². The molecule has 0 fully saturated rings. The molecule has 0 amide bonds. The van der Waals surface area contributed by atoms with Crippen LogP contribution in [0.1, 0.15) is 5.56 Å². The average molecular weight is 301 g/mol. The zero-order chi connectivity index (χ0) is 14.8. The van der Waals surface area contributed by atoms with Gasteiger partial charge in [-0.2, -0.15) is 13.2 Å². The highest BCUT2D eigenvalue weighted by Crippen LogP contribution is 2.33. The number of rotatable bonds is 3. The molecule has 2 aromatic rings. The summed E-state index contributed by atoms with van der Waals surface area (Å²) in [7, 11) is 1.28. The summed E-state index contributed by atoms with van der Waals surface area (Å²) < 4.78 is 42.4. The Labute approximate surface area is 117 Å². The molecule has 0 aliphatic carbocycles. The normalized spacial score (nSPS) is 11.6. The minimum absolute atomic E-state index is 0.0939. The largest absolute Gasteiger partial charge is 0.468 e. The van der Waals surface area contributed by atoms with E-state index in [2.05, 4.69) is 9.72 Å². The van der Waals surface area contributed by atoms with Crippen LogP contribution in [0.25, 0.3) is 10.9 Å². The fraction of sp³-hybridized carbons (Fsp3) is 0.231. The van der Waals surface area contributed by atoms with E-state index in [4.69, 9.17) is 0 Å². The van der Waals surface area contributed by atoms with Gasteiger partial charge in [0.25, 0.3) is 0 Å². The molecule has 1 aromatic carbocycles. The minimum Gasteiger partial charge on any atom is -0.468 e. The smallest absolute Gasteiger partial charge is 0.416 e. The van der Waals surface area contributed by atoms with Crippen molar-refractivity contribution in [1.29, 1.82) is 0 Å². The summed E-state index contributed by atoms with van der Waals surface area (Å²) in [5, 5.41) is 0.578. The summed E-state index contributed by atoms with van der Waals surface area (Å²) in [6.45, 7) is 0. The number of hydrogen-bond acceptors (Lipinski definition) is 4. The van der Waals surface area contributed by atoms with E-state index in [0.29, 0.717) is 10.3 Å². The molecule has 2 rings (SSSR count). The molecule has 106 valence electrons. The van der Waals surface area contributed by atoms with E-state index in [1.54, 1.807) is 6.07 Å². The zero-order valence-corrected chi connectivity index (χ0v) is 11.2. The maximum atomic E-state index is 12.6. The van der Waals surface area contributed by atoms with Crippen molar-refractivity contribution in [3.05, 3.63) is 36.0 Å². The van der Waals surface area contributed by atoms with Crippen LogP contribution in [0.2, 0.25) is 0 Å². The number of hydrogen-bond donors (Lipinski definition) is 0. The molecule has 20 heavy (non-hydrogen) atoms. The summed E-state index contributed by atoms with van der Waals surface area (Å²) in [6.07, 6.45) is -2.98. The van der Waals surface area contributed by atoms with Crippen LogP contribution in [-0.2, 0) is 15.7 Å². The van der Waals surface area contributed by atoms with Crippen LogP contribution < -0.4 is 0 Å². The summed E-state index contributed by atoms with van der Waals surface area (Å²) in [6, 6.07) is 5.03. The van der Waals surface area contributed by atoms with E-state index in [1.165, 1.54) is 31.1 Å². The lowest BCUT2D eigenvalue weighted by Crippen LogP contribution is -2.05. The first kappa shape index (κ1) is 14.6. The molecule has 0 aliphatic heterocycles. The average Bonchev–Trinajstić information content (AvgIpc) is 2.43. The van der Waals surface area contributed by atoms with Gasteiger partial charge in [-0.05, 0) is 18.2 Å². The van der Waals surface area contributed by atoms with Crippen LogP contribution in [-0.4, -0.2) is 23.8 Å². The number of carbonyl (C=O) groups excluding carboxylic acids is 1. The van der Waals surface area contributed by atoms with Crippen molar-refractivity contribution in [3.8, 4) is 0 Å². The number of benzene rings is 1. The van der Waals surface area contributed by atoms with Gasteiger partial charge in [-0.1, -0.05) is 6.07 Å². The number of pyridine rings is 1. The molecule has 0 saturated carbocycles. The predicted molar refractivity (Wildman–Crippen MR) is 69.5 cm³/mol. The quantitative estimate of drug-likeness (QED) is 0.642. The van der Waals surface area contributed by atoms with E-state index in [9.17, 15) is 18.0 Å². The number of thioether (sulfide) groups is 1. The van der Waals surface area contributed by atoms with E-state index >= 15 is 0 Å². The molecule has 1 aromatic heterocycles. The van der Waals surface area contributed by atoms with Crippen molar-refractivity contribution in [2.45, 2.75) is 11.1 Å². The number of methoxy groups -OCH3 is 1. The SMILES string of the molecule is COC(=O)CSc1ccnc2cc(C(F)(F)F)ccc12. The van der Waals surface area contributed by atoms with Gasteiger partial charge >= 0.3 is 12.1 Å². The fourth-order valence-corrected chi connectivity index (χ4v) is 2.50. The van der Waals surface area contributed by atoms with Crippen LogP contribution in [0, 0.1) is 0 Å². The Kier molecular flexibility index (Phi) is 4.17. The third-order valence-electron chi connectivity index (χ3n) is 2.60. The van der Waals surface area contributed by atoms with Crippen molar-refractivity contribution >= 4 is 28.6 Å². The van der Waals surface area contributed by atoms with Gasteiger partial charge in [-0.15, -0.1) is 11.8 Å². The molecular weight excluding hydrogens is 291 g/mol. The zero-order valence-electron chi connectivity index (χ0n) is 10.4. The molecule has 0 saturated heterocycles. The highest BCUT2D eigenvalue weighted by molar-refractivity contribution is 8.00. The van der Waals surface area contributed by atoms with Gasteiger partial charge < -0.3 is 4.74 Å². The molecule has 0 unspecified atom stereocenters. The Balaban J connectivity index is 2.36. The third-order valence-corrected chi connectivity index (χ3v) is 3.65. The lowest BCUT2D eigenvalue weighted by atomic mass is 10.1. The Bertz CT molecular complexity index is 643. The van der Waals surface area contributed by atoms with E-state index in [1.807, 2.05) is 0 Å². The van der Waals surface area contributed by atoms with E-state index < -0.39 is 17.7 Å². The van der Waals surface area contributed by atoms with Gasteiger partial charge in [-0.25, -0.2) is 0 Å². The van der Waals surface area contributed by atoms with Crippen molar-refractivity contribution in [3.63, 3.8) is 0 Å². The van der Waals surface area contributed by atoms with Crippen LogP contribution in [0.4, 0.5) is 13.2 Å². The maximum Gasteiger partial charge on any atom is 0.416 e. The van der Waals surface area contributed by atoms with Crippen molar-refractivity contribution in [2.75, 3.05) is 12.9 Å². The van der Waals surface area contributed by atoms with Gasteiger partial charge in [0.2, 0.25) is 0 Å². The first-order valence-corrected chi connectivity index (χ1v) is 6.56. The topological polar surface area (TPSA) is 39.2 Å². The number of carbonyl (C=O) groups is 1. The Morgan fingerprint density at radius 2 is 2.10 bits per heavy atom. The fourth-order valence-electron chi connectivity index (χ4n) is 1.62. The first-order chi connectivity index (χ1) is 9.41. The van der Waals surface area contributed by atoms with Gasteiger partial charge in [-0.3, -0.25) is 9.78 Å². The monoisotopic (exact) mass is 301 g/mol. The summed E-state index contributed by atoms with van der Waals surface area (Å²) in [5.41, 5.74) is -0.498. The molecule has 0 spiro atoms. The van der Waals surface area contributed by atoms with Crippen LogP contribution in [0.3, 0.4) is 0 Å². The van der Waals surface area contributed by atoms with Crippen molar-refractivity contribution in [1.82, 2.24) is 4.98 Å². The van der Waals surface area contributed by atoms with Gasteiger partial charge in [0, 0.05) is 16.5 Å². The molecular formula is C13H10F3NO2S. The number of alkyl halides is 3. The lowest BCUT2D eigenvalue weighted by Gasteiger charge is -2.09. The van der Waals surface area contributed by atoms with Crippen molar-refractivity contribution in [2.24, 2.45) is 0 Å². The predicted octanol–water partition coefficient (Wildman–Crippen LogP) is 3.52. The second kappa shape index (κ2) is 5.70. The molecule has 7 heteroatoms. The molecule has 0 radical (unpaired) electrons. The number of fused-ring (bicyclic) bond motifs is 1. The lowest BCUT2D eigenvalue weighted by molar-refractivity contribution is -0.138. The number of esters is 1. The third kappa shape index (κ3) is 3.22. The summed E-state index contributed by atoms with van der Waals surface area (Å²) >= 11 is 1.20. The second-order valence-corrected chi connectivity index (χ2v) is 4.92. The van der Waals surface area contributed by atoms with Crippen molar-refractivity contribution < 1.29 is 22.7 Å². The van der Waals surface area contributed by atoms with Gasteiger partial charge in [0.05, 0.1) is 23.9 Å². The number of aromatic nitrogens is 1. The standard InChI is InChI=1S/C13H10F3NO2S/c1-19-12(18)7-20-11-4-5-17-10-6-8(13(14,15)16)2-3-9(10)11/h2-6H,7H2,1H3. The molecule has 0 N–H and O–H groups in total. The number of nitrogens with zero attached hydrogens (tertiary/aromatic N) is 1. The molecule has 3 nitrogen and oxygen atoms in total. The molecule has 0 atom stereocenters. The Hall–Kier alpha value is -1.76. The molecule has 0 bridgehead atoms. The van der Waals surface area contributed by atoms with E-state index in [-0.39, 0.29) is 11.3 Å². The summed E-state index contributed by atoms with van der Waals surface area (Å²) in [4.78, 5) is 15.7. The van der Waals surface area contributed by atoms with E-state index in [0.717, 1.165) is 12.1 Å². The minimum atomic E-state index is -4.40.